The van der Waals surface area contributed by atoms with Crippen molar-refractivity contribution in [3.05, 3.63) is 52.8 Å². The number of carboxylic acid groups (broad SMARTS) is 1. The molecule has 0 spiro atoms. The van der Waals surface area contributed by atoms with Gasteiger partial charge >= 0.3 is 5.97 Å². The lowest BCUT2D eigenvalue weighted by molar-refractivity contribution is -0.144. The van der Waals surface area contributed by atoms with Crippen molar-refractivity contribution in [3.8, 4) is 0 Å². The fraction of sp³-hybridized carbons (Fsp3) is 0.389. The number of aryl methyl sites for hydroxylation is 2. The number of benzene rings is 1. The summed E-state index contributed by atoms with van der Waals surface area (Å²) in [7, 11) is 0. The molecule has 2 heterocycles. The zero-order valence-corrected chi connectivity index (χ0v) is 14.3. The van der Waals surface area contributed by atoms with Gasteiger partial charge in [-0.2, -0.15) is 5.10 Å². The average molecular weight is 343 g/mol. The maximum absolute atomic E-state index is 12.5. The minimum absolute atomic E-state index is 0.0144. The summed E-state index contributed by atoms with van der Waals surface area (Å²) in [5.41, 5.74) is 1.98. The predicted molar refractivity (Wildman–Crippen MR) is 90.5 cm³/mol. The first-order chi connectivity index (χ1) is 11.9. The van der Waals surface area contributed by atoms with Crippen molar-refractivity contribution in [2.75, 3.05) is 13.2 Å². The quantitative estimate of drug-likeness (QED) is 0.858. The van der Waals surface area contributed by atoms with Crippen molar-refractivity contribution >= 4 is 11.9 Å². The van der Waals surface area contributed by atoms with Gasteiger partial charge in [0.05, 0.1) is 18.8 Å². The Morgan fingerprint density at radius 1 is 1.36 bits per heavy atom. The number of carbonyl (C=O) groups excluding carboxylic acids is 1. The van der Waals surface area contributed by atoms with Crippen molar-refractivity contribution in [2.45, 2.75) is 32.4 Å². The molecule has 1 fully saturated rings. The number of hydrogen-bond acceptors (Lipinski definition) is 4. The topological polar surface area (TPSA) is 93.5 Å². The summed E-state index contributed by atoms with van der Waals surface area (Å²) in [6, 6.07) is 9.13. The van der Waals surface area contributed by atoms with Gasteiger partial charge in [0.25, 0.3) is 5.91 Å². The third-order valence-corrected chi connectivity index (χ3v) is 4.41. The maximum Gasteiger partial charge on any atom is 0.331 e. The SMILES string of the molecule is Cc1cc(C)n(Cc2cccc(C(=O)NC3(C(=O)O)CCOC3)c2)n1. The van der Waals surface area contributed by atoms with E-state index >= 15 is 0 Å². The molecule has 1 aliphatic rings. The Morgan fingerprint density at radius 3 is 2.76 bits per heavy atom. The molecule has 1 amide bonds. The number of hydrogen-bond donors (Lipinski definition) is 2. The Kier molecular flexibility index (Phi) is 4.59. The first kappa shape index (κ1) is 17.2. The molecule has 1 atom stereocenters. The van der Waals surface area contributed by atoms with Crippen molar-refractivity contribution in [3.63, 3.8) is 0 Å². The van der Waals surface area contributed by atoms with Crippen LogP contribution in [0.25, 0.3) is 0 Å². The molecule has 0 radical (unpaired) electrons. The molecule has 0 saturated carbocycles. The fourth-order valence-electron chi connectivity index (χ4n) is 2.99. The molecule has 132 valence electrons. The lowest BCUT2D eigenvalue weighted by Gasteiger charge is -2.23. The Balaban J connectivity index is 1.77. The van der Waals surface area contributed by atoms with Crippen LogP contribution >= 0.6 is 0 Å². The van der Waals surface area contributed by atoms with Crippen LogP contribution in [0, 0.1) is 13.8 Å². The second-order valence-corrected chi connectivity index (χ2v) is 6.43. The van der Waals surface area contributed by atoms with Crippen LogP contribution in [0.3, 0.4) is 0 Å². The monoisotopic (exact) mass is 343 g/mol. The second-order valence-electron chi connectivity index (χ2n) is 6.43. The number of carboxylic acids is 1. The first-order valence-electron chi connectivity index (χ1n) is 8.13. The molecule has 7 nitrogen and oxygen atoms in total. The smallest absolute Gasteiger partial charge is 0.331 e. The summed E-state index contributed by atoms with van der Waals surface area (Å²) in [4.78, 5) is 24.1. The van der Waals surface area contributed by atoms with Crippen molar-refractivity contribution in [2.24, 2.45) is 0 Å². The van der Waals surface area contributed by atoms with Gasteiger partial charge in [-0.1, -0.05) is 12.1 Å². The minimum Gasteiger partial charge on any atom is -0.479 e. The van der Waals surface area contributed by atoms with E-state index in [1.165, 1.54) is 0 Å². The van der Waals surface area contributed by atoms with Gasteiger partial charge in [0.15, 0.2) is 5.54 Å². The molecule has 0 aliphatic carbocycles. The molecule has 7 heteroatoms. The highest BCUT2D eigenvalue weighted by molar-refractivity contribution is 5.98. The van der Waals surface area contributed by atoms with Crippen molar-refractivity contribution < 1.29 is 19.4 Å². The van der Waals surface area contributed by atoms with Crippen molar-refractivity contribution in [1.29, 1.82) is 0 Å². The normalized spacial score (nSPS) is 19.8. The molecule has 2 N–H and O–H groups in total. The third-order valence-electron chi connectivity index (χ3n) is 4.41. The minimum atomic E-state index is -1.34. The molecule has 3 rings (SSSR count). The van der Waals surface area contributed by atoms with Crippen LogP contribution in [0.15, 0.2) is 30.3 Å². The van der Waals surface area contributed by atoms with E-state index in [1.807, 2.05) is 30.7 Å². The van der Waals surface area contributed by atoms with E-state index in [4.69, 9.17) is 4.74 Å². The molecule has 0 bridgehead atoms. The summed E-state index contributed by atoms with van der Waals surface area (Å²) in [5.74, 6) is -1.49. The number of ether oxygens (including phenoxy) is 1. The summed E-state index contributed by atoms with van der Waals surface area (Å²) in [5, 5.41) is 16.5. The first-order valence-corrected chi connectivity index (χ1v) is 8.13. The second kappa shape index (κ2) is 6.68. The van der Waals surface area contributed by atoms with Gasteiger partial charge in [-0.3, -0.25) is 9.48 Å². The van der Waals surface area contributed by atoms with E-state index in [0.717, 1.165) is 17.0 Å². The van der Waals surface area contributed by atoms with Gasteiger partial charge in [0, 0.05) is 24.3 Å². The van der Waals surface area contributed by atoms with Gasteiger partial charge in [-0.25, -0.2) is 4.79 Å². The highest BCUT2D eigenvalue weighted by Crippen LogP contribution is 2.20. The van der Waals surface area contributed by atoms with Gasteiger partial charge in [-0.15, -0.1) is 0 Å². The zero-order valence-electron chi connectivity index (χ0n) is 14.3. The molecule has 25 heavy (non-hydrogen) atoms. The summed E-state index contributed by atoms with van der Waals surface area (Å²) < 4.78 is 7.04. The predicted octanol–water partition coefficient (Wildman–Crippen LogP) is 1.52. The number of carbonyl (C=O) groups is 2. The standard InChI is InChI=1S/C18H21N3O4/c1-12-8-13(2)21(20-12)10-14-4-3-5-15(9-14)16(22)19-18(17(23)24)6-7-25-11-18/h3-5,8-9H,6-7,10-11H2,1-2H3,(H,19,22)(H,23,24). The van der Waals surface area contributed by atoms with E-state index in [9.17, 15) is 14.7 Å². The number of aliphatic carboxylic acids is 1. The van der Waals surface area contributed by atoms with Crippen LogP contribution in [0.1, 0.15) is 33.7 Å². The fourth-order valence-corrected chi connectivity index (χ4v) is 2.99. The highest BCUT2D eigenvalue weighted by Gasteiger charge is 2.44. The molecule has 1 saturated heterocycles. The van der Waals surface area contributed by atoms with Gasteiger partial charge < -0.3 is 15.2 Å². The Labute approximate surface area is 145 Å². The van der Waals surface area contributed by atoms with Crippen LogP contribution in [0.4, 0.5) is 0 Å². The van der Waals surface area contributed by atoms with Crippen LogP contribution in [0.5, 0.6) is 0 Å². The molecular formula is C18H21N3O4. The number of rotatable bonds is 5. The number of nitrogens with zero attached hydrogens (tertiary/aromatic N) is 2. The van der Waals surface area contributed by atoms with Crippen LogP contribution < -0.4 is 5.32 Å². The van der Waals surface area contributed by atoms with E-state index < -0.39 is 17.4 Å². The molecule has 1 aromatic carbocycles. The summed E-state index contributed by atoms with van der Waals surface area (Å²) >= 11 is 0. The van der Waals surface area contributed by atoms with Crippen molar-refractivity contribution in [1.82, 2.24) is 15.1 Å². The van der Waals surface area contributed by atoms with E-state index in [2.05, 4.69) is 10.4 Å². The van der Waals surface area contributed by atoms with Crippen LogP contribution in [-0.4, -0.2) is 45.5 Å². The van der Waals surface area contributed by atoms with E-state index in [-0.39, 0.29) is 13.0 Å². The Hall–Kier alpha value is -2.67. The lowest BCUT2D eigenvalue weighted by atomic mass is 9.98. The van der Waals surface area contributed by atoms with Crippen LogP contribution in [-0.2, 0) is 16.1 Å². The molecule has 2 aromatic rings. The Bertz CT molecular complexity index is 806. The number of aromatic nitrogens is 2. The van der Waals surface area contributed by atoms with E-state index in [0.29, 0.717) is 18.7 Å². The number of nitrogens with one attached hydrogen (secondary N) is 1. The summed E-state index contributed by atoms with van der Waals surface area (Å²) in [6.45, 7) is 4.77. The molecule has 1 aliphatic heterocycles. The highest BCUT2D eigenvalue weighted by atomic mass is 16.5. The Morgan fingerprint density at radius 2 is 2.16 bits per heavy atom. The van der Waals surface area contributed by atoms with E-state index in [1.54, 1.807) is 18.2 Å². The van der Waals surface area contributed by atoms with Gasteiger partial charge in [-0.05, 0) is 37.6 Å². The maximum atomic E-state index is 12.5. The largest absolute Gasteiger partial charge is 0.479 e. The molecule has 1 unspecified atom stereocenters. The molecule has 1 aromatic heterocycles. The molecular weight excluding hydrogens is 322 g/mol. The van der Waals surface area contributed by atoms with Gasteiger partial charge in [0.1, 0.15) is 0 Å². The average Bonchev–Trinajstić information content (AvgIpc) is 3.15. The van der Waals surface area contributed by atoms with Crippen LogP contribution in [0.2, 0.25) is 0 Å². The zero-order chi connectivity index (χ0) is 18.0. The lowest BCUT2D eigenvalue weighted by Crippen LogP contribution is -2.55. The summed E-state index contributed by atoms with van der Waals surface area (Å²) in [6.07, 6.45) is 0.263. The third kappa shape index (κ3) is 3.56. The van der Waals surface area contributed by atoms with Gasteiger partial charge in [0.2, 0.25) is 0 Å². The number of amides is 1.